The van der Waals surface area contributed by atoms with E-state index in [1.54, 1.807) is 6.08 Å². The molecule has 0 radical (unpaired) electrons. The van der Waals surface area contributed by atoms with Crippen LogP contribution in [0.2, 0.25) is 0 Å². The van der Waals surface area contributed by atoms with Gasteiger partial charge in [-0.1, -0.05) is 18.9 Å². The van der Waals surface area contributed by atoms with E-state index in [2.05, 4.69) is 11.7 Å². The molecular formula is C11H18O3. The average Bonchev–Trinajstić information content (AvgIpc) is 2.19. The van der Waals surface area contributed by atoms with E-state index in [-0.39, 0.29) is 5.97 Å². The van der Waals surface area contributed by atoms with Crippen molar-refractivity contribution in [2.75, 3.05) is 13.7 Å². The molecule has 1 rings (SSSR count). The van der Waals surface area contributed by atoms with Gasteiger partial charge in [0.05, 0.1) is 19.8 Å². The van der Waals surface area contributed by atoms with Crippen LogP contribution in [0.15, 0.2) is 11.6 Å². The molecule has 1 atom stereocenters. The molecule has 1 unspecified atom stereocenters. The van der Waals surface area contributed by atoms with E-state index in [0.717, 1.165) is 37.9 Å². The second-order valence-corrected chi connectivity index (χ2v) is 3.56. The molecule has 1 aliphatic heterocycles. The Morgan fingerprint density at radius 1 is 1.71 bits per heavy atom. The Morgan fingerprint density at radius 3 is 3.14 bits per heavy atom. The summed E-state index contributed by atoms with van der Waals surface area (Å²) in [5.74, 6) is -0.253. The lowest BCUT2D eigenvalue weighted by molar-refractivity contribution is -0.134. The van der Waals surface area contributed by atoms with Crippen LogP contribution in [0.5, 0.6) is 0 Å². The maximum atomic E-state index is 11.0. The number of carbonyl (C=O) groups excluding carboxylic acids is 1. The first-order chi connectivity index (χ1) is 6.76. The van der Waals surface area contributed by atoms with Gasteiger partial charge in [0.25, 0.3) is 0 Å². The van der Waals surface area contributed by atoms with Crippen LogP contribution >= 0.6 is 0 Å². The lowest BCUT2D eigenvalue weighted by Gasteiger charge is -2.24. The van der Waals surface area contributed by atoms with Crippen LogP contribution in [0.25, 0.3) is 0 Å². The predicted octanol–water partition coefficient (Wildman–Crippen LogP) is 2.06. The molecule has 3 nitrogen and oxygen atoms in total. The predicted molar refractivity (Wildman–Crippen MR) is 54.0 cm³/mol. The molecule has 0 aromatic carbocycles. The van der Waals surface area contributed by atoms with Gasteiger partial charge in [-0.15, -0.1) is 0 Å². The second kappa shape index (κ2) is 5.81. The molecule has 1 heterocycles. The minimum absolute atomic E-state index is 0.253. The Bertz CT molecular complexity index is 219. The molecule has 1 saturated heterocycles. The number of rotatable bonds is 3. The highest BCUT2D eigenvalue weighted by atomic mass is 16.5. The highest BCUT2D eigenvalue weighted by Crippen LogP contribution is 2.22. The fourth-order valence-corrected chi connectivity index (χ4v) is 1.67. The standard InChI is InChI=1S/C11H18O3/c1-3-4-10-7-9(5-6-14-10)8-11(12)13-2/h8,10H,3-7H2,1-2H3. The maximum absolute atomic E-state index is 11.0. The summed E-state index contributed by atoms with van der Waals surface area (Å²) in [5.41, 5.74) is 1.15. The van der Waals surface area contributed by atoms with Crippen LogP contribution in [0, 0.1) is 0 Å². The number of hydrogen-bond donors (Lipinski definition) is 0. The van der Waals surface area contributed by atoms with E-state index in [1.807, 2.05) is 0 Å². The van der Waals surface area contributed by atoms with Crippen molar-refractivity contribution < 1.29 is 14.3 Å². The quantitative estimate of drug-likeness (QED) is 0.514. The monoisotopic (exact) mass is 198 g/mol. The van der Waals surface area contributed by atoms with Gasteiger partial charge in [0.15, 0.2) is 0 Å². The van der Waals surface area contributed by atoms with E-state index >= 15 is 0 Å². The molecule has 14 heavy (non-hydrogen) atoms. The third-order valence-electron chi connectivity index (χ3n) is 2.40. The first-order valence-electron chi connectivity index (χ1n) is 5.15. The Hall–Kier alpha value is -0.830. The zero-order chi connectivity index (χ0) is 10.4. The van der Waals surface area contributed by atoms with Crippen LogP contribution in [-0.4, -0.2) is 25.8 Å². The van der Waals surface area contributed by atoms with Crippen molar-refractivity contribution in [1.29, 1.82) is 0 Å². The molecule has 80 valence electrons. The SMILES string of the molecule is CCCC1CC(=CC(=O)OC)CCO1. The van der Waals surface area contributed by atoms with Crippen molar-refractivity contribution in [3.8, 4) is 0 Å². The molecule has 0 aromatic rings. The smallest absolute Gasteiger partial charge is 0.330 e. The van der Waals surface area contributed by atoms with Gasteiger partial charge >= 0.3 is 5.97 Å². The molecule has 3 heteroatoms. The summed E-state index contributed by atoms with van der Waals surface area (Å²) < 4.78 is 10.2. The normalized spacial score (nSPS) is 25.0. The number of esters is 1. The van der Waals surface area contributed by atoms with Crippen molar-refractivity contribution in [3.63, 3.8) is 0 Å². The first-order valence-corrected chi connectivity index (χ1v) is 5.15. The zero-order valence-corrected chi connectivity index (χ0v) is 8.91. The van der Waals surface area contributed by atoms with Crippen molar-refractivity contribution in [2.24, 2.45) is 0 Å². The Labute approximate surface area is 85.1 Å². The zero-order valence-electron chi connectivity index (χ0n) is 8.91. The van der Waals surface area contributed by atoms with Crippen LogP contribution in [0.3, 0.4) is 0 Å². The molecule has 0 N–H and O–H groups in total. The summed E-state index contributed by atoms with van der Waals surface area (Å²) in [6.07, 6.45) is 5.82. The van der Waals surface area contributed by atoms with Crippen LogP contribution in [0.4, 0.5) is 0 Å². The summed E-state index contributed by atoms with van der Waals surface area (Å²) in [4.78, 5) is 11.0. The van der Waals surface area contributed by atoms with E-state index < -0.39 is 0 Å². The van der Waals surface area contributed by atoms with E-state index in [0.29, 0.717) is 6.10 Å². The van der Waals surface area contributed by atoms with Crippen molar-refractivity contribution in [2.45, 2.75) is 38.7 Å². The average molecular weight is 198 g/mol. The lowest BCUT2D eigenvalue weighted by Crippen LogP contribution is -2.21. The van der Waals surface area contributed by atoms with Gasteiger partial charge < -0.3 is 9.47 Å². The van der Waals surface area contributed by atoms with Gasteiger partial charge in [0.1, 0.15) is 0 Å². The molecule has 0 amide bonds. The minimum atomic E-state index is -0.253. The highest BCUT2D eigenvalue weighted by molar-refractivity contribution is 5.82. The maximum Gasteiger partial charge on any atom is 0.330 e. The third kappa shape index (κ3) is 3.50. The van der Waals surface area contributed by atoms with Crippen LogP contribution in [0.1, 0.15) is 32.6 Å². The minimum Gasteiger partial charge on any atom is -0.466 e. The van der Waals surface area contributed by atoms with Gasteiger partial charge in [0.2, 0.25) is 0 Å². The van der Waals surface area contributed by atoms with Gasteiger partial charge in [-0.25, -0.2) is 4.79 Å². The summed E-state index contributed by atoms with van der Waals surface area (Å²) in [7, 11) is 1.41. The number of methoxy groups -OCH3 is 1. The highest BCUT2D eigenvalue weighted by Gasteiger charge is 2.17. The fourth-order valence-electron chi connectivity index (χ4n) is 1.67. The van der Waals surface area contributed by atoms with Gasteiger partial charge in [0, 0.05) is 6.08 Å². The van der Waals surface area contributed by atoms with Gasteiger partial charge in [-0.2, -0.15) is 0 Å². The topological polar surface area (TPSA) is 35.5 Å². The second-order valence-electron chi connectivity index (χ2n) is 3.56. The lowest BCUT2D eigenvalue weighted by atomic mass is 9.99. The number of ether oxygens (including phenoxy) is 2. The Kier molecular flexibility index (Phi) is 4.66. The molecular weight excluding hydrogens is 180 g/mol. The summed E-state index contributed by atoms with van der Waals surface area (Å²) in [5, 5.41) is 0. The Balaban J connectivity index is 2.46. The van der Waals surface area contributed by atoms with E-state index in [4.69, 9.17) is 4.74 Å². The molecule has 0 saturated carbocycles. The molecule has 1 fully saturated rings. The van der Waals surface area contributed by atoms with E-state index in [9.17, 15) is 4.79 Å². The van der Waals surface area contributed by atoms with Crippen molar-refractivity contribution in [1.82, 2.24) is 0 Å². The number of carbonyl (C=O) groups is 1. The summed E-state index contributed by atoms with van der Waals surface area (Å²) in [6, 6.07) is 0. The number of hydrogen-bond acceptors (Lipinski definition) is 3. The van der Waals surface area contributed by atoms with E-state index in [1.165, 1.54) is 7.11 Å². The fraction of sp³-hybridized carbons (Fsp3) is 0.727. The Morgan fingerprint density at radius 2 is 2.50 bits per heavy atom. The van der Waals surface area contributed by atoms with Crippen LogP contribution < -0.4 is 0 Å². The van der Waals surface area contributed by atoms with Gasteiger partial charge in [-0.3, -0.25) is 0 Å². The molecule has 0 aromatic heterocycles. The summed E-state index contributed by atoms with van der Waals surface area (Å²) >= 11 is 0. The molecule has 1 aliphatic rings. The first kappa shape index (κ1) is 11.2. The molecule has 0 aliphatic carbocycles. The third-order valence-corrected chi connectivity index (χ3v) is 2.40. The molecule has 0 spiro atoms. The van der Waals surface area contributed by atoms with Gasteiger partial charge in [-0.05, 0) is 19.3 Å². The van der Waals surface area contributed by atoms with Crippen LogP contribution in [-0.2, 0) is 14.3 Å². The van der Waals surface area contributed by atoms with Crippen molar-refractivity contribution in [3.05, 3.63) is 11.6 Å². The largest absolute Gasteiger partial charge is 0.466 e. The van der Waals surface area contributed by atoms with Crippen molar-refractivity contribution >= 4 is 5.97 Å². The summed E-state index contributed by atoms with van der Waals surface area (Å²) in [6.45, 7) is 2.87. The molecule has 0 bridgehead atoms.